The number of para-hydroxylation sites is 4. The molecule has 10 aromatic carbocycles. The summed E-state index contributed by atoms with van der Waals surface area (Å²) in [5.74, 6) is 0. The maximum Gasteiger partial charge on any atom is 0.135 e. The van der Waals surface area contributed by atoms with Crippen molar-refractivity contribution >= 4 is 109 Å². The molecule has 0 saturated carbocycles. The van der Waals surface area contributed by atoms with E-state index in [0.717, 1.165) is 122 Å². The summed E-state index contributed by atoms with van der Waals surface area (Å²) < 4.78 is 19.8. The summed E-state index contributed by atoms with van der Waals surface area (Å²) in [6.07, 6.45) is 1.93. The first-order valence-corrected chi connectivity index (χ1v) is 24.1. The molecule has 0 radical (unpaired) electrons. The standard InChI is InChI=1S/C65H38N4O2/c1-2-15-43(16-3-1)69-64-48(28-30-54-61(64)50-21-4-7-22-53(50)67(54)44-17-10-13-39(35-44)41-26-32-59-51(37-41)46-19-5-8-24-57(46)70-59)49-29-31-55-62(65(49)69)63-56(23-12-34-66-63)68(55)45-18-11-14-40(36-45)42-27-33-60-52(38-42)47-20-6-9-25-58(47)71-60/h1-38H. The van der Waals surface area contributed by atoms with Crippen molar-refractivity contribution < 1.29 is 8.83 Å². The molecule has 16 rings (SSSR count). The molecule has 6 aromatic heterocycles. The second-order valence-electron chi connectivity index (χ2n) is 18.7. The van der Waals surface area contributed by atoms with Crippen LogP contribution in [0.25, 0.3) is 149 Å². The Morgan fingerprint density at radius 3 is 1.42 bits per heavy atom. The van der Waals surface area contributed by atoms with Gasteiger partial charge in [-0.25, -0.2) is 0 Å². The highest BCUT2D eigenvalue weighted by molar-refractivity contribution is 6.31. The third-order valence-corrected chi connectivity index (χ3v) is 14.9. The number of benzene rings is 10. The van der Waals surface area contributed by atoms with Crippen molar-refractivity contribution in [2.24, 2.45) is 0 Å². The van der Waals surface area contributed by atoms with Crippen molar-refractivity contribution in [1.82, 2.24) is 18.7 Å². The van der Waals surface area contributed by atoms with Crippen LogP contribution in [0, 0.1) is 0 Å². The zero-order valence-electron chi connectivity index (χ0n) is 38.0. The molecule has 0 saturated heterocycles. The van der Waals surface area contributed by atoms with Crippen LogP contribution in [0.4, 0.5) is 0 Å². The van der Waals surface area contributed by atoms with Gasteiger partial charge in [-0.15, -0.1) is 0 Å². The molecule has 0 aliphatic carbocycles. The molecular formula is C65H38N4O2. The average molecular weight is 907 g/mol. The minimum atomic E-state index is 0.891. The van der Waals surface area contributed by atoms with Gasteiger partial charge in [0.1, 0.15) is 22.3 Å². The summed E-state index contributed by atoms with van der Waals surface area (Å²) in [7, 11) is 0. The number of nitrogens with zero attached hydrogens (tertiary/aromatic N) is 4. The highest BCUT2D eigenvalue weighted by atomic mass is 16.3. The summed E-state index contributed by atoms with van der Waals surface area (Å²) in [6.45, 7) is 0. The van der Waals surface area contributed by atoms with E-state index in [4.69, 9.17) is 13.8 Å². The van der Waals surface area contributed by atoms with Crippen molar-refractivity contribution in [2.75, 3.05) is 0 Å². The van der Waals surface area contributed by atoms with Crippen LogP contribution in [0.2, 0.25) is 0 Å². The van der Waals surface area contributed by atoms with Gasteiger partial charge in [0.05, 0.1) is 44.0 Å². The molecule has 0 atom stereocenters. The third-order valence-electron chi connectivity index (χ3n) is 14.9. The molecule has 71 heavy (non-hydrogen) atoms. The first kappa shape index (κ1) is 38.3. The molecule has 0 N–H and O–H groups in total. The van der Waals surface area contributed by atoms with Gasteiger partial charge in [-0.05, 0) is 125 Å². The number of hydrogen-bond acceptors (Lipinski definition) is 3. The fourth-order valence-electron chi connectivity index (χ4n) is 11.8. The summed E-state index contributed by atoms with van der Waals surface area (Å²) in [6, 6.07) is 80.6. The van der Waals surface area contributed by atoms with Crippen LogP contribution in [-0.2, 0) is 0 Å². The second kappa shape index (κ2) is 14.4. The molecule has 0 bridgehead atoms. The van der Waals surface area contributed by atoms with Gasteiger partial charge in [-0.2, -0.15) is 0 Å². The van der Waals surface area contributed by atoms with Crippen LogP contribution in [0.3, 0.4) is 0 Å². The fraction of sp³-hybridized carbons (Fsp3) is 0. The van der Waals surface area contributed by atoms with E-state index in [1.54, 1.807) is 0 Å². The Kier molecular flexibility index (Phi) is 7.79. The molecule has 0 spiro atoms. The van der Waals surface area contributed by atoms with Gasteiger partial charge >= 0.3 is 0 Å². The Bertz CT molecular complexity index is 4600. The lowest BCUT2D eigenvalue weighted by Gasteiger charge is -2.12. The zero-order chi connectivity index (χ0) is 46.3. The summed E-state index contributed by atoms with van der Waals surface area (Å²) >= 11 is 0. The van der Waals surface area contributed by atoms with Crippen molar-refractivity contribution in [1.29, 1.82) is 0 Å². The van der Waals surface area contributed by atoms with E-state index in [9.17, 15) is 0 Å². The smallest absolute Gasteiger partial charge is 0.135 e. The van der Waals surface area contributed by atoms with Gasteiger partial charge in [-0.3, -0.25) is 4.98 Å². The quantitative estimate of drug-likeness (QED) is 0.173. The van der Waals surface area contributed by atoms with E-state index in [1.807, 2.05) is 30.5 Å². The number of rotatable bonds is 5. The molecular weight excluding hydrogens is 869 g/mol. The topological polar surface area (TPSA) is 54.0 Å². The van der Waals surface area contributed by atoms with E-state index < -0.39 is 0 Å². The Hall–Kier alpha value is -9.65. The molecule has 330 valence electrons. The van der Waals surface area contributed by atoms with Crippen LogP contribution < -0.4 is 0 Å². The predicted molar refractivity (Wildman–Crippen MR) is 293 cm³/mol. The maximum absolute atomic E-state index is 6.21. The fourth-order valence-corrected chi connectivity index (χ4v) is 11.8. The number of pyridine rings is 1. The summed E-state index contributed by atoms with van der Waals surface area (Å²) in [5, 5.41) is 10.4. The van der Waals surface area contributed by atoms with Gasteiger partial charge in [0, 0.05) is 66.3 Å². The van der Waals surface area contributed by atoms with Crippen molar-refractivity contribution in [2.45, 2.75) is 0 Å². The predicted octanol–water partition coefficient (Wildman–Crippen LogP) is 17.5. The van der Waals surface area contributed by atoms with Crippen molar-refractivity contribution in [3.63, 3.8) is 0 Å². The monoisotopic (exact) mass is 906 g/mol. The van der Waals surface area contributed by atoms with E-state index in [0.29, 0.717) is 0 Å². The molecule has 0 aliphatic rings. The molecule has 6 heterocycles. The van der Waals surface area contributed by atoms with Crippen LogP contribution in [0.1, 0.15) is 0 Å². The highest BCUT2D eigenvalue weighted by Gasteiger charge is 2.25. The third kappa shape index (κ3) is 5.44. The Morgan fingerprint density at radius 1 is 0.282 bits per heavy atom. The number of hydrogen-bond donors (Lipinski definition) is 0. The van der Waals surface area contributed by atoms with Gasteiger partial charge in [-0.1, -0.05) is 121 Å². The first-order valence-electron chi connectivity index (χ1n) is 24.1. The Morgan fingerprint density at radius 2 is 0.775 bits per heavy atom. The Balaban J connectivity index is 0.940. The zero-order valence-corrected chi connectivity index (χ0v) is 38.0. The minimum absolute atomic E-state index is 0.891. The lowest BCUT2D eigenvalue weighted by Crippen LogP contribution is -1.96. The molecule has 0 fully saturated rings. The van der Waals surface area contributed by atoms with E-state index in [2.05, 4.69) is 214 Å². The second-order valence-corrected chi connectivity index (χ2v) is 18.7. The molecule has 6 nitrogen and oxygen atoms in total. The van der Waals surface area contributed by atoms with Gasteiger partial charge in [0.25, 0.3) is 0 Å². The molecule has 0 unspecified atom stereocenters. The highest BCUT2D eigenvalue weighted by Crippen LogP contribution is 2.46. The van der Waals surface area contributed by atoms with E-state index >= 15 is 0 Å². The lowest BCUT2D eigenvalue weighted by molar-refractivity contribution is 0.668. The largest absolute Gasteiger partial charge is 0.456 e. The van der Waals surface area contributed by atoms with Crippen LogP contribution >= 0.6 is 0 Å². The molecule has 0 amide bonds. The minimum Gasteiger partial charge on any atom is -0.456 e. The number of aromatic nitrogens is 4. The first-order chi connectivity index (χ1) is 35.2. The van der Waals surface area contributed by atoms with Crippen molar-refractivity contribution in [3.05, 3.63) is 231 Å². The molecule has 0 aliphatic heterocycles. The van der Waals surface area contributed by atoms with Gasteiger partial charge in [0.15, 0.2) is 0 Å². The van der Waals surface area contributed by atoms with E-state index in [-0.39, 0.29) is 0 Å². The summed E-state index contributed by atoms with van der Waals surface area (Å²) in [5.41, 5.74) is 19.1. The maximum atomic E-state index is 6.21. The molecule has 6 heteroatoms. The lowest BCUT2D eigenvalue weighted by atomic mass is 10.0. The number of furan rings is 2. The SMILES string of the molecule is c1ccc(-n2c3c(ccc4c3c3ccccc3n4-c3cccc(-c4ccc5oc6ccccc6c5c4)c3)c3ccc4c(c5ncccc5n4-c4cccc(-c5ccc6oc7ccccc7c6c5)c4)c32)cc1. The van der Waals surface area contributed by atoms with Gasteiger partial charge < -0.3 is 22.5 Å². The normalized spacial score (nSPS) is 12.2. The van der Waals surface area contributed by atoms with Crippen LogP contribution in [0.15, 0.2) is 239 Å². The van der Waals surface area contributed by atoms with E-state index in [1.165, 1.54) is 27.1 Å². The molecule has 16 aromatic rings. The van der Waals surface area contributed by atoms with Crippen LogP contribution in [-0.4, -0.2) is 18.7 Å². The van der Waals surface area contributed by atoms with Crippen LogP contribution in [0.5, 0.6) is 0 Å². The number of fused-ring (bicyclic) bond motifs is 17. The van der Waals surface area contributed by atoms with Crippen molar-refractivity contribution in [3.8, 4) is 39.3 Å². The average Bonchev–Trinajstić information content (AvgIpc) is 4.24. The Labute approximate surface area is 405 Å². The summed E-state index contributed by atoms with van der Waals surface area (Å²) in [4.78, 5) is 5.21. The van der Waals surface area contributed by atoms with Gasteiger partial charge in [0.2, 0.25) is 0 Å².